The summed E-state index contributed by atoms with van der Waals surface area (Å²) < 4.78 is 0. The number of carboxylic acids is 1. The van der Waals surface area contributed by atoms with Crippen LogP contribution in [0.15, 0.2) is 0 Å². The van der Waals surface area contributed by atoms with Gasteiger partial charge in [0.2, 0.25) is 5.91 Å². The van der Waals surface area contributed by atoms with E-state index >= 15 is 0 Å². The zero-order valence-corrected chi connectivity index (χ0v) is 12.6. The number of piperazine rings is 1. The summed E-state index contributed by atoms with van der Waals surface area (Å²) in [4.78, 5) is 29.1. The molecule has 1 amide bonds. The van der Waals surface area contributed by atoms with Gasteiger partial charge in [0.1, 0.15) is 0 Å². The molecule has 2 aliphatic heterocycles. The standard InChI is InChI=1S/C14H26N4O3/c19-13(12-17-5-1-3-15-4-7-17)18-10-8-16(9-11-18)6-2-14(20)21/h15H,1-12H2,(H,20,21). The zero-order valence-electron chi connectivity index (χ0n) is 12.6. The second-order valence-corrected chi connectivity index (χ2v) is 5.75. The van der Waals surface area contributed by atoms with Crippen LogP contribution in [0.3, 0.4) is 0 Å². The highest BCUT2D eigenvalue weighted by atomic mass is 16.4. The fourth-order valence-electron chi connectivity index (χ4n) is 2.83. The van der Waals surface area contributed by atoms with Crippen LogP contribution in [0.2, 0.25) is 0 Å². The maximum atomic E-state index is 12.3. The maximum absolute atomic E-state index is 12.3. The summed E-state index contributed by atoms with van der Waals surface area (Å²) >= 11 is 0. The van der Waals surface area contributed by atoms with Crippen LogP contribution in [-0.4, -0.2) is 97.1 Å². The second kappa shape index (κ2) is 8.31. The Morgan fingerprint density at radius 1 is 0.952 bits per heavy atom. The first-order valence-corrected chi connectivity index (χ1v) is 7.80. The van der Waals surface area contributed by atoms with Gasteiger partial charge in [0, 0.05) is 45.8 Å². The van der Waals surface area contributed by atoms with Gasteiger partial charge in [-0.25, -0.2) is 0 Å². The summed E-state index contributed by atoms with van der Waals surface area (Å²) in [6.45, 7) is 7.98. The minimum absolute atomic E-state index is 0.175. The van der Waals surface area contributed by atoms with E-state index in [1.54, 1.807) is 0 Å². The molecule has 2 saturated heterocycles. The van der Waals surface area contributed by atoms with Gasteiger partial charge in [-0.1, -0.05) is 0 Å². The second-order valence-electron chi connectivity index (χ2n) is 5.75. The number of rotatable bonds is 5. The summed E-state index contributed by atoms with van der Waals surface area (Å²) in [6.07, 6.45) is 1.27. The van der Waals surface area contributed by atoms with E-state index in [1.165, 1.54) is 0 Å². The number of carboxylic acid groups (broad SMARTS) is 1. The van der Waals surface area contributed by atoms with Crippen molar-refractivity contribution in [1.29, 1.82) is 0 Å². The van der Waals surface area contributed by atoms with Gasteiger partial charge in [0.15, 0.2) is 0 Å². The van der Waals surface area contributed by atoms with Crippen LogP contribution >= 0.6 is 0 Å². The number of nitrogens with one attached hydrogen (secondary N) is 1. The minimum Gasteiger partial charge on any atom is -0.481 e. The van der Waals surface area contributed by atoms with Gasteiger partial charge in [0.25, 0.3) is 0 Å². The van der Waals surface area contributed by atoms with E-state index in [2.05, 4.69) is 15.1 Å². The molecule has 120 valence electrons. The van der Waals surface area contributed by atoms with Gasteiger partial charge < -0.3 is 15.3 Å². The predicted octanol–water partition coefficient (Wildman–Crippen LogP) is -1.10. The SMILES string of the molecule is O=C(O)CCN1CCN(C(=O)CN2CCCNCC2)CC1. The van der Waals surface area contributed by atoms with Gasteiger partial charge in [0.05, 0.1) is 13.0 Å². The molecule has 0 atom stereocenters. The first-order valence-electron chi connectivity index (χ1n) is 7.80. The zero-order chi connectivity index (χ0) is 15.1. The Hall–Kier alpha value is -1.18. The fraction of sp³-hybridized carbons (Fsp3) is 0.857. The molecule has 0 aromatic carbocycles. The lowest BCUT2D eigenvalue weighted by Gasteiger charge is -2.35. The average Bonchev–Trinajstić information content (AvgIpc) is 2.74. The largest absolute Gasteiger partial charge is 0.481 e. The molecule has 0 aromatic rings. The number of aliphatic carboxylic acids is 1. The molecule has 2 heterocycles. The third-order valence-electron chi connectivity index (χ3n) is 4.16. The highest BCUT2D eigenvalue weighted by Crippen LogP contribution is 2.05. The fourth-order valence-corrected chi connectivity index (χ4v) is 2.83. The monoisotopic (exact) mass is 298 g/mol. The molecule has 0 saturated carbocycles. The molecule has 0 radical (unpaired) electrons. The topological polar surface area (TPSA) is 76.1 Å². The number of hydrogen-bond donors (Lipinski definition) is 2. The van der Waals surface area contributed by atoms with Gasteiger partial charge in [-0.15, -0.1) is 0 Å². The maximum Gasteiger partial charge on any atom is 0.304 e. The van der Waals surface area contributed by atoms with Crippen molar-refractivity contribution in [1.82, 2.24) is 20.0 Å². The van der Waals surface area contributed by atoms with Gasteiger partial charge >= 0.3 is 5.97 Å². The van der Waals surface area contributed by atoms with Crippen molar-refractivity contribution in [3.63, 3.8) is 0 Å². The third-order valence-corrected chi connectivity index (χ3v) is 4.16. The Morgan fingerprint density at radius 3 is 2.43 bits per heavy atom. The van der Waals surface area contributed by atoms with Crippen molar-refractivity contribution in [3.05, 3.63) is 0 Å². The van der Waals surface area contributed by atoms with Crippen LogP contribution in [0.1, 0.15) is 12.8 Å². The van der Waals surface area contributed by atoms with Crippen LogP contribution in [0.4, 0.5) is 0 Å². The highest BCUT2D eigenvalue weighted by Gasteiger charge is 2.23. The summed E-state index contributed by atoms with van der Waals surface area (Å²) in [5.41, 5.74) is 0. The summed E-state index contributed by atoms with van der Waals surface area (Å²) in [7, 11) is 0. The molecule has 2 N–H and O–H groups in total. The molecule has 21 heavy (non-hydrogen) atoms. The number of carbonyl (C=O) groups is 2. The quantitative estimate of drug-likeness (QED) is 0.671. The predicted molar refractivity (Wildman–Crippen MR) is 79.2 cm³/mol. The lowest BCUT2D eigenvalue weighted by Crippen LogP contribution is -2.51. The van der Waals surface area contributed by atoms with E-state index in [0.29, 0.717) is 26.2 Å². The average molecular weight is 298 g/mol. The van der Waals surface area contributed by atoms with Gasteiger partial charge in [-0.2, -0.15) is 0 Å². The van der Waals surface area contributed by atoms with Gasteiger partial charge in [-0.3, -0.25) is 19.4 Å². The Balaban J connectivity index is 1.68. The van der Waals surface area contributed by atoms with Crippen molar-refractivity contribution in [2.75, 3.05) is 65.4 Å². The van der Waals surface area contributed by atoms with E-state index in [0.717, 1.165) is 45.7 Å². The molecule has 7 nitrogen and oxygen atoms in total. The molecular formula is C14H26N4O3. The summed E-state index contributed by atoms with van der Waals surface area (Å²) in [6, 6.07) is 0. The molecular weight excluding hydrogens is 272 g/mol. The highest BCUT2D eigenvalue weighted by molar-refractivity contribution is 5.78. The summed E-state index contributed by atoms with van der Waals surface area (Å²) in [5.74, 6) is -0.557. The van der Waals surface area contributed by atoms with Crippen molar-refractivity contribution < 1.29 is 14.7 Å². The van der Waals surface area contributed by atoms with Crippen LogP contribution < -0.4 is 5.32 Å². The van der Waals surface area contributed by atoms with E-state index < -0.39 is 5.97 Å². The molecule has 2 rings (SSSR count). The smallest absolute Gasteiger partial charge is 0.304 e. The molecule has 0 spiro atoms. The molecule has 0 unspecified atom stereocenters. The van der Waals surface area contributed by atoms with E-state index in [9.17, 15) is 9.59 Å². The van der Waals surface area contributed by atoms with Crippen molar-refractivity contribution in [3.8, 4) is 0 Å². The molecule has 0 aliphatic carbocycles. The van der Waals surface area contributed by atoms with Gasteiger partial charge in [-0.05, 0) is 19.5 Å². The van der Waals surface area contributed by atoms with Crippen LogP contribution in [-0.2, 0) is 9.59 Å². The van der Waals surface area contributed by atoms with Crippen LogP contribution in [0.5, 0.6) is 0 Å². The molecule has 7 heteroatoms. The number of nitrogens with zero attached hydrogens (tertiary/aromatic N) is 3. The van der Waals surface area contributed by atoms with Crippen LogP contribution in [0.25, 0.3) is 0 Å². The number of hydrogen-bond acceptors (Lipinski definition) is 5. The Morgan fingerprint density at radius 2 is 1.71 bits per heavy atom. The van der Waals surface area contributed by atoms with E-state index in [-0.39, 0.29) is 12.3 Å². The number of carbonyl (C=O) groups excluding carboxylic acids is 1. The molecule has 0 aromatic heterocycles. The van der Waals surface area contributed by atoms with E-state index in [4.69, 9.17) is 5.11 Å². The summed E-state index contributed by atoms with van der Waals surface area (Å²) in [5, 5.41) is 12.0. The number of amides is 1. The first kappa shape index (κ1) is 16.2. The van der Waals surface area contributed by atoms with Crippen molar-refractivity contribution in [2.45, 2.75) is 12.8 Å². The Bertz CT molecular complexity index is 348. The van der Waals surface area contributed by atoms with E-state index in [1.807, 2.05) is 4.90 Å². The van der Waals surface area contributed by atoms with Crippen molar-refractivity contribution in [2.24, 2.45) is 0 Å². The normalized spacial score (nSPS) is 22.0. The molecule has 2 aliphatic rings. The first-order chi connectivity index (χ1) is 10.1. The van der Waals surface area contributed by atoms with Crippen LogP contribution in [0, 0.1) is 0 Å². The Kier molecular flexibility index (Phi) is 6.41. The minimum atomic E-state index is -0.761. The lowest BCUT2D eigenvalue weighted by atomic mass is 10.2. The van der Waals surface area contributed by atoms with Crippen molar-refractivity contribution >= 4 is 11.9 Å². The lowest BCUT2D eigenvalue weighted by molar-refractivity contribution is -0.138. The third kappa shape index (κ3) is 5.61. The molecule has 2 fully saturated rings. The Labute approximate surface area is 125 Å². The molecule has 0 bridgehead atoms.